The fourth-order valence-electron chi connectivity index (χ4n) is 3.83. The first-order chi connectivity index (χ1) is 14.7. The molecular formula is C24H30BrNO5. The zero-order chi connectivity index (χ0) is 22.8. The van der Waals surface area contributed by atoms with Gasteiger partial charge in [-0.3, -0.25) is 0 Å². The molecule has 1 heterocycles. The molecule has 3 rings (SSSR count). The molecule has 31 heavy (non-hydrogen) atoms. The number of nitrogens with zero attached hydrogens (tertiary/aromatic N) is 1. The maximum Gasteiger partial charge on any atom is 0.410 e. The van der Waals surface area contributed by atoms with Gasteiger partial charge >= 0.3 is 6.09 Å². The predicted octanol–water partition coefficient (Wildman–Crippen LogP) is 5.55. The van der Waals surface area contributed by atoms with Crippen LogP contribution in [-0.4, -0.2) is 44.5 Å². The fourth-order valence-corrected chi connectivity index (χ4v) is 4.24. The lowest BCUT2D eigenvalue weighted by Crippen LogP contribution is -2.43. The Morgan fingerprint density at radius 3 is 2.35 bits per heavy atom. The zero-order valence-electron chi connectivity index (χ0n) is 19.0. The van der Waals surface area contributed by atoms with Gasteiger partial charge in [-0.05, 0) is 80.6 Å². The molecule has 0 saturated carbocycles. The van der Waals surface area contributed by atoms with Crippen LogP contribution >= 0.6 is 15.9 Å². The van der Waals surface area contributed by atoms with Gasteiger partial charge in [-0.25, -0.2) is 4.79 Å². The van der Waals surface area contributed by atoms with Crippen molar-refractivity contribution in [2.75, 3.05) is 27.9 Å². The standard InChI is InChI=1S/C24H30BrNO5/c1-24(2,3)31-23(27)26-10-9-15-13-21(29-5)22(30-6)14-18(15)20(26)12-16-11-17(28-4)7-8-19(16)25/h7-8,11,13-14,20H,9-10,12H2,1-6H3. The van der Waals surface area contributed by atoms with Crippen LogP contribution in [0.3, 0.4) is 0 Å². The first-order valence-electron chi connectivity index (χ1n) is 10.2. The summed E-state index contributed by atoms with van der Waals surface area (Å²) in [6, 6.07) is 9.62. The minimum Gasteiger partial charge on any atom is -0.497 e. The number of ether oxygens (including phenoxy) is 4. The molecule has 2 aromatic carbocycles. The molecule has 1 atom stereocenters. The van der Waals surface area contributed by atoms with Gasteiger partial charge < -0.3 is 23.8 Å². The summed E-state index contributed by atoms with van der Waals surface area (Å²) in [5.74, 6) is 2.10. The van der Waals surface area contributed by atoms with E-state index >= 15 is 0 Å². The molecule has 1 aliphatic heterocycles. The van der Waals surface area contributed by atoms with E-state index in [0.29, 0.717) is 30.9 Å². The van der Waals surface area contributed by atoms with Crippen LogP contribution in [-0.2, 0) is 17.6 Å². The Morgan fingerprint density at radius 2 is 1.74 bits per heavy atom. The molecule has 1 aliphatic rings. The van der Waals surface area contributed by atoms with E-state index in [1.165, 1.54) is 0 Å². The molecule has 6 nitrogen and oxygen atoms in total. The van der Waals surface area contributed by atoms with Gasteiger partial charge in [0.1, 0.15) is 11.4 Å². The van der Waals surface area contributed by atoms with Gasteiger partial charge in [-0.2, -0.15) is 0 Å². The third-order valence-corrected chi connectivity index (χ3v) is 6.07. The van der Waals surface area contributed by atoms with Gasteiger partial charge in [-0.1, -0.05) is 15.9 Å². The number of halogens is 1. The summed E-state index contributed by atoms with van der Waals surface area (Å²) >= 11 is 3.65. The third kappa shape index (κ3) is 5.26. The van der Waals surface area contributed by atoms with E-state index in [9.17, 15) is 4.79 Å². The van der Waals surface area contributed by atoms with E-state index in [1.807, 2.05) is 56.0 Å². The van der Waals surface area contributed by atoms with Crippen molar-refractivity contribution >= 4 is 22.0 Å². The Bertz CT molecular complexity index is 954. The Kier molecular flexibility index (Phi) is 7.04. The third-order valence-electron chi connectivity index (χ3n) is 5.30. The highest BCUT2D eigenvalue weighted by molar-refractivity contribution is 9.10. The quantitative estimate of drug-likeness (QED) is 0.548. The second-order valence-corrected chi connectivity index (χ2v) is 9.36. The van der Waals surface area contributed by atoms with Crippen LogP contribution in [0, 0.1) is 0 Å². The van der Waals surface area contributed by atoms with E-state index in [0.717, 1.165) is 26.9 Å². The summed E-state index contributed by atoms with van der Waals surface area (Å²) in [5, 5.41) is 0. The average molecular weight is 492 g/mol. The summed E-state index contributed by atoms with van der Waals surface area (Å²) in [5.41, 5.74) is 2.64. The second kappa shape index (κ2) is 9.39. The topological polar surface area (TPSA) is 57.2 Å². The van der Waals surface area contributed by atoms with Crippen LogP contribution in [0.1, 0.15) is 43.5 Å². The van der Waals surface area contributed by atoms with Crippen molar-refractivity contribution in [3.05, 3.63) is 51.5 Å². The highest BCUT2D eigenvalue weighted by atomic mass is 79.9. The SMILES string of the molecule is COc1ccc(Br)c(CC2c3cc(OC)c(OC)cc3CCN2C(=O)OC(C)(C)C)c1. The number of amides is 1. The molecular weight excluding hydrogens is 462 g/mol. The van der Waals surface area contributed by atoms with Crippen molar-refractivity contribution in [3.63, 3.8) is 0 Å². The van der Waals surface area contributed by atoms with E-state index in [1.54, 1.807) is 21.3 Å². The molecule has 0 N–H and O–H groups in total. The largest absolute Gasteiger partial charge is 0.497 e. The van der Waals surface area contributed by atoms with Crippen LogP contribution in [0.5, 0.6) is 17.2 Å². The molecule has 0 fully saturated rings. The molecule has 0 aliphatic carbocycles. The Morgan fingerprint density at radius 1 is 1.06 bits per heavy atom. The molecule has 168 valence electrons. The van der Waals surface area contributed by atoms with E-state index < -0.39 is 5.60 Å². The molecule has 1 unspecified atom stereocenters. The first kappa shape index (κ1) is 23.3. The summed E-state index contributed by atoms with van der Waals surface area (Å²) in [6.07, 6.45) is 0.987. The van der Waals surface area contributed by atoms with Crippen molar-refractivity contribution in [1.29, 1.82) is 0 Å². The zero-order valence-corrected chi connectivity index (χ0v) is 20.5. The van der Waals surface area contributed by atoms with Crippen LogP contribution in [0.4, 0.5) is 4.79 Å². The highest BCUT2D eigenvalue weighted by Crippen LogP contribution is 2.41. The normalized spacial score (nSPS) is 15.8. The Balaban J connectivity index is 2.07. The van der Waals surface area contributed by atoms with Crippen molar-refractivity contribution < 1.29 is 23.7 Å². The number of carbonyl (C=O) groups is 1. The number of carbonyl (C=O) groups excluding carboxylic acids is 1. The monoisotopic (exact) mass is 491 g/mol. The molecule has 1 amide bonds. The summed E-state index contributed by atoms with van der Waals surface area (Å²) < 4.78 is 23.1. The van der Waals surface area contributed by atoms with Crippen LogP contribution in [0.25, 0.3) is 0 Å². The van der Waals surface area contributed by atoms with Gasteiger partial charge in [0.05, 0.1) is 27.4 Å². The smallest absolute Gasteiger partial charge is 0.410 e. The highest BCUT2D eigenvalue weighted by Gasteiger charge is 2.35. The van der Waals surface area contributed by atoms with Crippen molar-refractivity contribution in [1.82, 2.24) is 4.90 Å². The Labute approximate surface area is 192 Å². The number of hydrogen-bond donors (Lipinski definition) is 0. The molecule has 0 spiro atoms. The minimum absolute atomic E-state index is 0.221. The average Bonchev–Trinajstić information content (AvgIpc) is 2.73. The summed E-state index contributed by atoms with van der Waals surface area (Å²) in [7, 11) is 4.89. The maximum atomic E-state index is 13.1. The maximum absolute atomic E-state index is 13.1. The van der Waals surface area contributed by atoms with Gasteiger partial charge in [0.2, 0.25) is 0 Å². The lowest BCUT2D eigenvalue weighted by atomic mass is 9.88. The first-order valence-corrected chi connectivity index (χ1v) is 11.0. The number of hydrogen-bond acceptors (Lipinski definition) is 5. The molecule has 0 bridgehead atoms. The van der Waals surface area contributed by atoms with Crippen LogP contribution < -0.4 is 14.2 Å². The summed E-state index contributed by atoms with van der Waals surface area (Å²) in [4.78, 5) is 14.9. The van der Waals surface area contributed by atoms with E-state index in [2.05, 4.69) is 15.9 Å². The molecule has 0 radical (unpaired) electrons. The summed E-state index contributed by atoms with van der Waals surface area (Å²) in [6.45, 7) is 6.20. The molecule has 0 saturated heterocycles. The van der Waals surface area contributed by atoms with E-state index in [-0.39, 0.29) is 12.1 Å². The predicted molar refractivity (Wildman–Crippen MR) is 123 cm³/mol. The van der Waals surface area contributed by atoms with Crippen LogP contribution in [0.2, 0.25) is 0 Å². The van der Waals surface area contributed by atoms with Gasteiger partial charge in [-0.15, -0.1) is 0 Å². The van der Waals surface area contributed by atoms with Gasteiger partial charge in [0.25, 0.3) is 0 Å². The molecule has 2 aromatic rings. The van der Waals surface area contributed by atoms with Gasteiger partial charge in [0.15, 0.2) is 11.5 Å². The number of methoxy groups -OCH3 is 3. The number of fused-ring (bicyclic) bond motifs is 1. The fraction of sp³-hybridized carbons (Fsp3) is 0.458. The van der Waals surface area contributed by atoms with Crippen molar-refractivity contribution in [3.8, 4) is 17.2 Å². The number of rotatable bonds is 5. The van der Waals surface area contributed by atoms with Crippen molar-refractivity contribution in [2.45, 2.75) is 45.3 Å². The lowest BCUT2D eigenvalue weighted by molar-refractivity contribution is 0.0141. The van der Waals surface area contributed by atoms with Gasteiger partial charge in [0, 0.05) is 11.0 Å². The van der Waals surface area contributed by atoms with Crippen LogP contribution in [0.15, 0.2) is 34.8 Å². The molecule has 7 heteroatoms. The minimum atomic E-state index is -0.573. The van der Waals surface area contributed by atoms with Crippen molar-refractivity contribution in [2.24, 2.45) is 0 Å². The Hall–Kier alpha value is -2.41. The van der Waals surface area contributed by atoms with E-state index in [4.69, 9.17) is 18.9 Å². The second-order valence-electron chi connectivity index (χ2n) is 8.51. The molecule has 0 aromatic heterocycles. The number of benzene rings is 2. The lowest BCUT2D eigenvalue weighted by Gasteiger charge is -2.38.